The molecule has 0 aliphatic rings. The van der Waals surface area contributed by atoms with Gasteiger partial charge in [0.05, 0.1) is 4.90 Å². The maximum Gasteiger partial charge on any atom is 0.261 e. The summed E-state index contributed by atoms with van der Waals surface area (Å²) >= 11 is 5.89. The Morgan fingerprint density at radius 3 is 2.48 bits per heavy atom. The highest BCUT2D eigenvalue weighted by Crippen LogP contribution is 2.25. The number of hydrogen-bond donors (Lipinski definition) is 1. The van der Waals surface area contributed by atoms with Gasteiger partial charge in [0.25, 0.3) is 10.0 Å². The fourth-order valence-electron chi connectivity index (χ4n) is 2.88. The van der Waals surface area contributed by atoms with Crippen LogP contribution < -0.4 is 9.46 Å². The molecule has 0 bridgehead atoms. The quantitative estimate of drug-likeness (QED) is 0.458. The standard InChI is InChI=1S/C21H18ClN5O3S/c1-14-24-20(27-11-10-23-15(27)2)13-21(25-14)30-18-8-6-17(7-9-18)26-31(28,29)19-5-3-4-16(22)12-19/h3-13,26H,1-2H3. The Hall–Kier alpha value is -3.43. The van der Waals surface area contributed by atoms with Gasteiger partial charge < -0.3 is 4.74 Å². The van der Waals surface area contributed by atoms with E-state index in [4.69, 9.17) is 16.3 Å². The Balaban J connectivity index is 1.52. The lowest BCUT2D eigenvalue weighted by atomic mass is 10.3. The lowest BCUT2D eigenvalue weighted by Crippen LogP contribution is -2.12. The number of halogens is 1. The molecule has 2 heterocycles. The van der Waals surface area contributed by atoms with Crippen molar-refractivity contribution in [2.45, 2.75) is 18.7 Å². The molecule has 1 N–H and O–H groups in total. The number of nitrogens with zero attached hydrogens (tertiary/aromatic N) is 4. The maximum atomic E-state index is 12.5. The molecule has 0 aliphatic heterocycles. The van der Waals surface area contributed by atoms with E-state index in [0.717, 1.165) is 5.82 Å². The van der Waals surface area contributed by atoms with Crippen LogP contribution in [0.5, 0.6) is 11.6 Å². The largest absolute Gasteiger partial charge is 0.439 e. The number of hydrogen-bond acceptors (Lipinski definition) is 6. The number of sulfonamides is 1. The third-order valence-electron chi connectivity index (χ3n) is 4.31. The van der Waals surface area contributed by atoms with E-state index in [1.807, 2.05) is 17.7 Å². The normalized spacial score (nSPS) is 11.3. The van der Waals surface area contributed by atoms with Gasteiger partial charge in [-0.2, -0.15) is 4.98 Å². The molecule has 0 radical (unpaired) electrons. The summed E-state index contributed by atoms with van der Waals surface area (Å²) in [5, 5.41) is 0.344. The highest BCUT2D eigenvalue weighted by atomic mass is 35.5. The lowest BCUT2D eigenvalue weighted by molar-refractivity contribution is 0.459. The average molecular weight is 456 g/mol. The number of aryl methyl sites for hydroxylation is 2. The summed E-state index contributed by atoms with van der Waals surface area (Å²) < 4.78 is 35.2. The van der Waals surface area contributed by atoms with Gasteiger partial charge in [0.1, 0.15) is 23.2 Å². The SMILES string of the molecule is Cc1nc(Oc2ccc(NS(=O)(=O)c3cccc(Cl)c3)cc2)cc(-n2ccnc2C)n1. The van der Waals surface area contributed by atoms with Crippen molar-refractivity contribution < 1.29 is 13.2 Å². The average Bonchev–Trinajstić information content (AvgIpc) is 3.15. The highest BCUT2D eigenvalue weighted by Gasteiger charge is 2.15. The molecular weight excluding hydrogens is 438 g/mol. The van der Waals surface area contributed by atoms with Crippen LogP contribution in [0.2, 0.25) is 5.02 Å². The van der Waals surface area contributed by atoms with Gasteiger partial charge in [-0.1, -0.05) is 17.7 Å². The summed E-state index contributed by atoms with van der Waals surface area (Å²) in [6.45, 7) is 3.65. The Morgan fingerprint density at radius 1 is 1.03 bits per heavy atom. The van der Waals surface area contributed by atoms with Crippen LogP contribution in [0.3, 0.4) is 0 Å². The zero-order valence-electron chi connectivity index (χ0n) is 16.7. The topological polar surface area (TPSA) is 99.0 Å². The third-order valence-corrected chi connectivity index (χ3v) is 5.92. The van der Waals surface area contributed by atoms with Crippen LogP contribution in [0.4, 0.5) is 5.69 Å². The van der Waals surface area contributed by atoms with Gasteiger partial charge in [-0.25, -0.2) is 18.4 Å². The van der Waals surface area contributed by atoms with E-state index in [1.165, 1.54) is 12.1 Å². The van der Waals surface area contributed by atoms with E-state index < -0.39 is 10.0 Å². The summed E-state index contributed by atoms with van der Waals surface area (Å²) in [6.07, 6.45) is 3.50. The van der Waals surface area contributed by atoms with Crippen molar-refractivity contribution in [2.75, 3.05) is 4.72 Å². The Bertz CT molecular complexity index is 1340. The monoisotopic (exact) mass is 455 g/mol. The highest BCUT2D eigenvalue weighted by molar-refractivity contribution is 7.92. The second-order valence-electron chi connectivity index (χ2n) is 6.65. The van der Waals surface area contributed by atoms with Gasteiger partial charge in [-0.05, 0) is 56.3 Å². The van der Waals surface area contributed by atoms with Crippen LogP contribution in [-0.4, -0.2) is 27.9 Å². The molecule has 4 aromatic rings. The molecule has 0 atom stereocenters. The van der Waals surface area contributed by atoms with Gasteiger partial charge in [0, 0.05) is 29.2 Å². The van der Waals surface area contributed by atoms with Crippen LogP contribution in [0.1, 0.15) is 11.6 Å². The van der Waals surface area contributed by atoms with Crippen molar-refractivity contribution >= 4 is 27.3 Å². The van der Waals surface area contributed by atoms with Gasteiger partial charge in [-0.3, -0.25) is 9.29 Å². The van der Waals surface area contributed by atoms with Crippen LogP contribution in [0.25, 0.3) is 5.82 Å². The molecule has 158 valence electrons. The van der Waals surface area contributed by atoms with Crippen molar-refractivity contribution in [3.63, 3.8) is 0 Å². The van der Waals surface area contributed by atoms with Gasteiger partial charge >= 0.3 is 0 Å². The molecule has 31 heavy (non-hydrogen) atoms. The number of rotatable bonds is 6. The number of nitrogens with one attached hydrogen (secondary N) is 1. The smallest absolute Gasteiger partial charge is 0.261 e. The van der Waals surface area contributed by atoms with Gasteiger partial charge in [-0.15, -0.1) is 0 Å². The summed E-state index contributed by atoms with van der Waals surface area (Å²) in [4.78, 5) is 13.0. The van der Waals surface area contributed by atoms with E-state index in [0.29, 0.717) is 34.0 Å². The molecule has 2 aromatic carbocycles. The Kier molecular flexibility index (Phi) is 5.62. The fraction of sp³-hybridized carbons (Fsp3) is 0.0952. The predicted octanol–water partition coefficient (Wildman–Crippen LogP) is 4.53. The molecule has 8 nitrogen and oxygen atoms in total. The fourth-order valence-corrected chi connectivity index (χ4v) is 4.24. The van der Waals surface area contributed by atoms with Gasteiger partial charge in [0.15, 0.2) is 0 Å². The van der Waals surface area contributed by atoms with Crippen molar-refractivity contribution in [1.29, 1.82) is 0 Å². The van der Waals surface area contributed by atoms with Crippen molar-refractivity contribution in [1.82, 2.24) is 19.5 Å². The molecule has 2 aromatic heterocycles. The molecule has 0 fully saturated rings. The van der Waals surface area contributed by atoms with E-state index in [9.17, 15) is 8.42 Å². The lowest BCUT2D eigenvalue weighted by Gasteiger charge is -2.11. The molecule has 0 saturated heterocycles. The minimum atomic E-state index is -3.75. The van der Waals surface area contributed by atoms with E-state index in [2.05, 4.69) is 19.7 Å². The summed E-state index contributed by atoms with van der Waals surface area (Å²) in [5.41, 5.74) is 0.390. The molecule has 0 amide bonds. The third kappa shape index (κ3) is 4.84. The van der Waals surface area contributed by atoms with Crippen LogP contribution in [0, 0.1) is 13.8 Å². The zero-order valence-corrected chi connectivity index (χ0v) is 18.2. The maximum absolute atomic E-state index is 12.5. The van der Waals surface area contributed by atoms with E-state index in [1.54, 1.807) is 55.6 Å². The summed E-state index contributed by atoms with van der Waals surface area (Å²) in [5.74, 6) is 2.84. The molecule has 0 aliphatic carbocycles. The van der Waals surface area contributed by atoms with Crippen molar-refractivity contribution in [3.8, 4) is 17.4 Å². The number of imidazole rings is 1. The number of benzene rings is 2. The number of anilines is 1. The van der Waals surface area contributed by atoms with Crippen molar-refractivity contribution in [3.05, 3.63) is 83.7 Å². The Morgan fingerprint density at radius 2 is 1.81 bits per heavy atom. The molecule has 10 heteroatoms. The molecule has 4 rings (SSSR count). The first kappa shape index (κ1) is 20.8. The Labute approximate surface area is 184 Å². The summed E-state index contributed by atoms with van der Waals surface area (Å²) in [7, 11) is -3.75. The second-order valence-corrected chi connectivity index (χ2v) is 8.76. The first-order chi connectivity index (χ1) is 14.8. The molecule has 0 saturated carbocycles. The van der Waals surface area contributed by atoms with Crippen LogP contribution in [0.15, 0.2) is 71.9 Å². The molecule has 0 spiro atoms. The van der Waals surface area contributed by atoms with Crippen molar-refractivity contribution in [2.24, 2.45) is 0 Å². The molecule has 0 unspecified atom stereocenters. The number of aromatic nitrogens is 4. The van der Waals surface area contributed by atoms with E-state index >= 15 is 0 Å². The zero-order chi connectivity index (χ0) is 22.0. The first-order valence-corrected chi connectivity index (χ1v) is 11.1. The van der Waals surface area contributed by atoms with Gasteiger partial charge in [0.2, 0.25) is 5.88 Å². The van der Waals surface area contributed by atoms with E-state index in [-0.39, 0.29) is 4.90 Å². The predicted molar refractivity (Wildman–Crippen MR) is 117 cm³/mol. The number of ether oxygens (including phenoxy) is 1. The second kappa shape index (κ2) is 8.37. The summed E-state index contributed by atoms with van der Waals surface area (Å²) in [6, 6.07) is 14.3. The minimum absolute atomic E-state index is 0.0825. The molecular formula is C21H18ClN5O3S. The minimum Gasteiger partial charge on any atom is -0.439 e. The van der Waals surface area contributed by atoms with Crippen LogP contribution >= 0.6 is 11.6 Å². The first-order valence-electron chi connectivity index (χ1n) is 9.22. The van der Waals surface area contributed by atoms with Crippen LogP contribution in [-0.2, 0) is 10.0 Å².